The van der Waals surface area contributed by atoms with Crippen LogP contribution in [0.3, 0.4) is 0 Å². The van der Waals surface area contributed by atoms with Crippen molar-refractivity contribution in [1.29, 1.82) is 0 Å². The van der Waals surface area contributed by atoms with Crippen LogP contribution in [0.5, 0.6) is 0 Å². The standard InChI is InChI=1S/C20H19FN4O/c1-12-7-6-10-16(14(12)3)23-19(26)18-11-13(2)22-20(25-18)24-17-9-5-4-8-15(17)21/h4-11H,1-3H3,(H,23,26)(H,22,24,25). The Hall–Kier alpha value is -3.28. The van der Waals surface area contributed by atoms with Gasteiger partial charge in [-0.05, 0) is 56.2 Å². The first kappa shape index (κ1) is 17.5. The van der Waals surface area contributed by atoms with Crippen molar-refractivity contribution in [2.24, 2.45) is 0 Å². The lowest BCUT2D eigenvalue weighted by Gasteiger charge is -2.11. The van der Waals surface area contributed by atoms with Crippen LogP contribution >= 0.6 is 0 Å². The highest BCUT2D eigenvalue weighted by atomic mass is 19.1. The van der Waals surface area contributed by atoms with Crippen LogP contribution in [0.15, 0.2) is 48.5 Å². The van der Waals surface area contributed by atoms with Gasteiger partial charge < -0.3 is 10.6 Å². The molecule has 132 valence electrons. The first-order chi connectivity index (χ1) is 12.4. The normalized spacial score (nSPS) is 10.5. The van der Waals surface area contributed by atoms with Gasteiger partial charge in [0.15, 0.2) is 0 Å². The molecular formula is C20H19FN4O. The van der Waals surface area contributed by atoms with E-state index in [1.165, 1.54) is 6.07 Å². The van der Waals surface area contributed by atoms with Gasteiger partial charge in [-0.15, -0.1) is 0 Å². The first-order valence-corrected chi connectivity index (χ1v) is 8.19. The Labute approximate surface area is 151 Å². The van der Waals surface area contributed by atoms with E-state index < -0.39 is 5.82 Å². The van der Waals surface area contributed by atoms with Gasteiger partial charge in [0.25, 0.3) is 5.91 Å². The molecule has 3 aromatic rings. The molecule has 2 aromatic carbocycles. The van der Waals surface area contributed by atoms with Crippen molar-refractivity contribution >= 4 is 23.2 Å². The average molecular weight is 350 g/mol. The van der Waals surface area contributed by atoms with Crippen molar-refractivity contribution in [3.05, 3.63) is 76.9 Å². The zero-order valence-corrected chi connectivity index (χ0v) is 14.8. The summed E-state index contributed by atoms with van der Waals surface area (Å²) in [6.07, 6.45) is 0. The molecule has 0 aliphatic heterocycles. The maximum atomic E-state index is 13.8. The number of nitrogens with zero attached hydrogens (tertiary/aromatic N) is 2. The number of amides is 1. The molecule has 1 aromatic heterocycles. The first-order valence-electron chi connectivity index (χ1n) is 8.19. The molecule has 0 aliphatic rings. The number of nitrogens with one attached hydrogen (secondary N) is 2. The highest BCUT2D eigenvalue weighted by molar-refractivity contribution is 6.03. The fourth-order valence-electron chi connectivity index (χ4n) is 2.50. The summed E-state index contributed by atoms with van der Waals surface area (Å²) in [6.45, 7) is 5.68. The van der Waals surface area contributed by atoms with Crippen LogP contribution in [0, 0.1) is 26.6 Å². The predicted octanol–water partition coefficient (Wildman–Crippen LogP) is 4.54. The minimum atomic E-state index is -0.418. The molecule has 1 heterocycles. The molecule has 0 bridgehead atoms. The van der Waals surface area contributed by atoms with E-state index in [0.717, 1.165) is 16.8 Å². The summed E-state index contributed by atoms with van der Waals surface area (Å²) in [7, 11) is 0. The monoisotopic (exact) mass is 350 g/mol. The Morgan fingerprint density at radius 2 is 1.69 bits per heavy atom. The van der Waals surface area contributed by atoms with Crippen LogP contribution in [0.2, 0.25) is 0 Å². The lowest BCUT2D eigenvalue weighted by Crippen LogP contribution is -2.16. The number of anilines is 3. The quantitative estimate of drug-likeness (QED) is 0.725. The molecule has 2 N–H and O–H groups in total. The Kier molecular flexibility index (Phi) is 4.93. The lowest BCUT2D eigenvalue weighted by molar-refractivity contribution is 0.102. The number of aromatic nitrogens is 2. The van der Waals surface area contributed by atoms with E-state index in [4.69, 9.17) is 0 Å². The molecule has 1 amide bonds. The fourth-order valence-corrected chi connectivity index (χ4v) is 2.50. The van der Waals surface area contributed by atoms with Gasteiger partial charge in [-0.25, -0.2) is 14.4 Å². The second-order valence-electron chi connectivity index (χ2n) is 6.02. The van der Waals surface area contributed by atoms with Gasteiger partial charge >= 0.3 is 0 Å². The van der Waals surface area contributed by atoms with Crippen LogP contribution in [-0.2, 0) is 0 Å². The number of carbonyl (C=O) groups excluding carboxylic acids is 1. The number of aryl methyl sites for hydroxylation is 2. The summed E-state index contributed by atoms with van der Waals surface area (Å²) >= 11 is 0. The minimum absolute atomic E-state index is 0.168. The molecule has 0 aliphatic carbocycles. The Bertz CT molecular complexity index is 972. The predicted molar refractivity (Wildman–Crippen MR) is 100 cm³/mol. The third kappa shape index (κ3) is 3.85. The highest BCUT2D eigenvalue weighted by Crippen LogP contribution is 2.20. The molecular weight excluding hydrogens is 331 g/mol. The number of halogens is 1. The van der Waals surface area contributed by atoms with Gasteiger partial charge in [-0.3, -0.25) is 4.79 Å². The van der Waals surface area contributed by atoms with E-state index >= 15 is 0 Å². The second kappa shape index (κ2) is 7.31. The number of hydrogen-bond acceptors (Lipinski definition) is 4. The van der Waals surface area contributed by atoms with Crippen molar-refractivity contribution in [2.45, 2.75) is 20.8 Å². The Balaban J connectivity index is 1.86. The molecule has 0 spiro atoms. The van der Waals surface area contributed by atoms with Crippen molar-refractivity contribution in [3.8, 4) is 0 Å². The fraction of sp³-hybridized carbons (Fsp3) is 0.150. The van der Waals surface area contributed by atoms with Crippen molar-refractivity contribution < 1.29 is 9.18 Å². The molecule has 0 unspecified atom stereocenters. The second-order valence-corrected chi connectivity index (χ2v) is 6.02. The van der Waals surface area contributed by atoms with E-state index in [0.29, 0.717) is 5.69 Å². The smallest absolute Gasteiger partial charge is 0.274 e. The van der Waals surface area contributed by atoms with Crippen LogP contribution in [0.1, 0.15) is 27.3 Å². The van der Waals surface area contributed by atoms with Gasteiger partial charge in [0.1, 0.15) is 11.5 Å². The molecule has 0 saturated carbocycles. The van der Waals surface area contributed by atoms with Crippen molar-refractivity contribution in [3.63, 3.8) is 0 Å². The number of hydrogen-bond donors (Lipinski definition) is 2. The largest absolute Gasteiger partial charge is 0.322 e. The average Bonchev–Trinajstić information content (AvgIpc) is 2.60. The topological polar surface area (TPSA) is 66.9 Å². The lowest BCUT2D eigenvalue weighted by atomic mass is 10.1. The van der Waals surface area contributed by atoms with Gasteiger partial charge in [0.05, 0.1) is 5.69 Å². The van der Waals surface area contributed by atoms with Gasteiger partial charge in [0.2, 0.25) is 5.95 Å². The SMILES string of the molecule is Cc1cc(C(=O)Nc2cccc(C)c2C)nc(Nc2ccccc2F)n1. The number of para-hydroxylation sites is 1. The summed E-state index contributed by atoms with van der Waals surface area (Å²) in [5.41, 5.74) is 3.87. The van der Waals surface area contributed by atoms with E-state index in [9.17, 15) is 9.18 Å². The van der Waals surface area contributed by atoms with Crippen molar-refractivity contribution in [2.75, 3.05) is 10.6 Å². The van der Waals surface area contributed by atoms with Crippen LogP contribution in [-0.4, -0.2) is 15.9 Å². The maximum absolute atomic E-state index is 13.8. The third-order valence-corrected chi connectivity index (χ3v) is 4.06. The van der Waals surface area contributed by atoms with E-state index in [-0.39, 0.29) is 23.2 Å². The van der Waals surface area contributed by atoms with E-state index in [1.807, 2.05) is 32.0 Å². The molecule has 0 atom stereocenters. The zero-order valence-electron chi connectivity index (χ0n) is 14.8. The van der Waals surface area contributed by atoms with Crippen LogP contribution in [0.4, 0.5) is 21.7 Å². The van der Waals surface area contributed by atoms with Crippen LogP contribution in [0.25, 0.3) is 0 Å². The summed E-state index contributed by atoms with van der Waals surface area (Å²) < 4.78 is 13.8. The molecule has 3 rings (SSSR count). The number of rotatable bonds is 4. The zero-order chi connectivity index (χ0) is 18.7. The minimum Gasteiger partial charge on any atom is -0.322 e. The molecule has 5 nitrogen and oxygen atoms in total. The van der Waals surface area contributed by atoms with E-state index in [1.54, 1.807) is 31.2 Å². The summed E-state index contributed by atoms with van der Waals surface area (Å²) in [4.78, 5) is 21.0. The number of carbonyl (C=O) groups is 1. The Morgan fingerprint density at radius 1 is 0.962 bits per heavy atom. The maximum Gasteiger partial charge on any atom is 0.274 e. The molecule has 0 saturated heterocycles. The van der Waals surface area contributed by atoms with Gasteiger partial charge in [0, 0.05) is 11.4 Å². The third-order valence-electron chi connectivity index (χ3n) is 4.06. The van der Waals surface area contributed by atoms with Gasteiger partial charge in [-0.2, -0.15) is 0 Å². The Morgan fingerprint density at radius 3 is 2.46 bits per heavy atom. The summed E-state index contributed by atoms with van der Waals surface area (Å²) in [5, 5.41) is 5.68. The molecule has 0 radical (unpaired) electrons. The summed E-state index contributed by atoms with van der Waals surface area (Å²) in [5.74, 6) is -0.596. The summed E-state index contributed by atoms with van der Waals surface area (Å²) in [6, 6.07) is 13.5. The number of benzene rings is 2. The molecule has 26 heavy (non-hydrogen) atoms. The highest BCUT2D eigenvalue weighted by Gasteiger charge is 2.13. The van der Waals surface area contributed by atoms with Crippen LogP contribution < -0.4 is 10.6 Å². The van der Waals surface area contributed by atoms with Crippen molar-refractivity contribution in [1.82, 2.24) is 9.97 Å². The van der Waals surface area contributed by atoms with Gasteiger partial charge in [-0.1, -0.05) is 24.3 Å². The van der Waals surface area contributed by atoms with E-state index in [2.05, 4.69) is 20.6 Å². The molecule has 0 fully saturated rings. The molecule has 6 heteroatoms.